The Morgan fingerprint density at radius 3 is 3.06 bits per heavy atom. The molecule has 4 heteroatoms. The Morgan fingerprint density at radius 2 is 2.38 bits per heavy atom. The number of hydrogen-bond donors (Lipinski definition) is 1. The molecule has 1 fully saturated rings. The van der Waals surface area contributed by atoms with Gasteiger partial charge in [-0.3, -0.25) is 0 Å². The highest BCUT2D eigenvalue weighted by atomic mass is 15.2. The number of aromatic nitrogens is 1. The van der Waals surface area contributed by atoms with Crippen LogP contribution in [0.3, 0.4) is 0 Å². The van der Waals surface area contributed by atoms with Crippen molar-refractivity contribution in [2.45, 2.75) is 19.4 Å². The molecule has 84 valence electrons. The number of hydrogen-bond acceptors (Lipinski definition) is 4. The molecular formula is C12H16N4. The number of nitrogens with two attached hydrogens (primary N) is 1. The van der Waals surface area contributed by atoms with E-state index in [2.05, 4.69) is 22.9 Å². The normalized spacial score (nSPS) is 25.2. The Hall–Kier alpha value is -1.60. The molecule has 0 amide bonds. The van der Waals surface area contributed by atoms with Gasteiger partial charge in [0.25, 0.3) is 0 Å². The fraction of sp³-hybridized carbons (Fsp3) is 0.500. The molecule has 1 aliphatic heterocycles. The van der Waals surface area contributed by atoms with Crippen LogP contribution in [0.1, 0.15) is 19.0 Å². The second-order valence-electron chi connectivity index (χ2n) is 4.52. The van der Waals surface area contributed by atoms with Crippen LogP contribution in [0.2, 0.25) is 0 Å². The van der Waals surface area contributed by atoms with Gasteiger partial charge in [-0.1, -0.05) is 6.92 Å². The third kappa shape index (κ3) is 2.31. The van der Waals surface area contributed by atoms with Crippen LogP contribution < -0.4 is 10.6 Å². The summed E-state index contributed by atoms with van der Waals surface area (Å²) in [6, 6.07) is 6.04. The quantitative estimate of drug-likeness (QED) is 0.764. The molecule has 0 aliphatic carbocycles. The summed E-state index contributed by atoms with van der Waals surface area (Å²) < 4.78 is 0. The molecule has 2 unspecified atom stereocenters. The zero-order chi connectivity index (χ0) is 11.5. The van der Waals surface area contributed by atoms with Gasteiger partial charge in [-0.05, 0) is 24.5 Å². The molecule has 1 aromatic heterocycles. The number of nitrogens with zero attached hydrogens (tertiary/aromatic N) is 3. The van der Waals surface area contributed by atoms with E-state index in [1.54, 1.807) is 6.20 Å². The van der Waals surface area contributed by atoms with Crippen molar-refractivity contribution in [2.24, 2.45) is 11.7 Å². The maximum absolute atomic E-state index is 8.81. The topological polar surface area (TPSA) is 65.9 Å². The third-order valence-corrected chi connectivity index (χ3v) is 2.92. The standard InChI is InChI=1S/C12H16N4/c1-9-4-10(14)8-16(7-9)12-2-3-15-11(5-12)6-13/h2-3,5,9-10H,4,7-8,14H2,1H3. The van der Waals surface area contributed by atoms with Crippen LogP contribution in [-0.2, 0) is 0 Å². The summed E-state index contributed by atoms with van der Waals surface area (Å²) >= 11 is 0. The van der Waals surface area contributed by atoms with Crippen LogP contribution in [-0.4, -0.2) is 24.1 Å². The molecule has 2 heterocycles. The summed E-state index contributed by atoms with van der Waals surface area (Å²) in [4.78, 5) is 6.21. The van der Waals surface area contributed by atoms with Gasteiger partial charge in [0.2, 0.25) is 0 Å². The maximum Gasteiger partial charge on any atom is 0.142 e. The maximum atomic E-state index is 8.81. The highest BCUT2D eigenvalue weighted by molar-refractivity contribution is 5.49. The van der Waals surface area contributed by atoms with E-state index in [4.69, 9.17) is 11.0 Å². The van der Waals surface area contributed by atoms with Crippen molar-refractivity contribution < 1.29 is 0 Å². The lowest BCUT2D eigenvalue weighted by molar-refractivity contribution is 0.401. The molecule has 2 N–H and O–H groups in total. The average molecular weight is 216 g/mol. The van der Waals surface area contributed by atoms with Gasteiger partial charge in [-0.25, -0.2) is 4.98 Å². The van der Waals surface area contributed by atoms with E-state index < -0.39 is 0 Å². The Balaban J connectivity index is 2.20. The van der Waals surface area contributed by atoms with Gasteiger partial charge in [0.05, 0.1) is 0 Å². The summed E-state index contributed by atoms with van der Waals surface area (Å²) in [5, 5.41) is 8.81. The molecule has 0 radical (unpaired) electrons. The first-order chi connectivity index (χ1) is 7.69. The Kier molecular flexibility index (Phi) is 3.07. The van der Waals surface area contributed by atoms with Crippen molar-refractivity contribution in [3.8, 4) is 6.07 Å². The molecule has 0 aromatic carbocycles. The van der Waals surface area contributed by atoms with Crippen LogP contribution in [0.4, 0.5) is 5.69 Å². The number of rotatable bonds is 1. The first-order valence-electron chi connectivity index (χ1n) is 5.55. The summed E-state index contributed by atoms with van der Waals surface area (Å²) in [7, 11) is 0. The highest BCUT2D eigenvalue weighted by Gasteiger charge is 2.22. The monoisotopic (exact) mass is 216 g/mol. The van der Waals surface area contributed by atoms with Crippen molar-refractivity contribution in [1.82, 2.24) is 4.98 Å². The number of piperidine rings is 1. The van der Waals surface area contributed by atoms with Gasteiger partial charge in [0.15, 0.2) is 0 Å². The summed E-state index contributed by atoms with van der Waals surface area (Å²) in [6.07, 6.45) is 2.76. The van der Waals surface area contributed by atoms with Crippen LogP contribution >= 0.6 is 0 Å². The minimum absolute atomic E-state index is 0.224. The zero-order valence-electron chi connectivity index (χ0n) is 9.43. The van der Waals surface area contributed by atoms with Crippen molar-refractivity contribution in [1.29, 1.82) is 5.26 Å². The van der Waals surface area contributed by atoms with Crippen molar-refractivity contribution in [2.75, 3.05) is 18.0 Å². The molecule has 1 aliphatic rings. The predicted molar refractivity (Wildman–Crippen MR) is 62.9 cm³/mol. The summed E-state index contributed by atoms with van der Waals surface area (Å²) in [5.41, 5.74) is 7.51. The van der Waals surface area contributed by atoms with Crippen molar-refractivity contribution in [3.05, 3.63) is 24.0 Å². The van der Waals surface area contributed by atoms with Gasteiger partial charge in [-0.2, -0.15) is 5.26 Å². The van der Waals surface area contributed by atoms with E-state index in [9.17, 15) is 0 Å². The van der Waals surface area contributed by atoms with Gasteiger partial charge in [0, 0.05) is 31.0 Å². The van der Waals surface area contributed by atoms with Gasteiger partial charge in [0.1, 0.15) is 11.8 Å². The van der Waals surface area contributed by atoms with Crippen LogP contribution in [0.25, 0.3) is 0 Å². The number of pyridine rings is 1. The minimum atomic E-state index is 0.224. The third-order valence-electron chi connectivity index (χ3n) is 2.92. The lowest BCUT2D eigenvalue weighted by atomic mass is 9.96. The molecule has 2 rings (SSSR count). The lowest BCUT2D eigenvalue weighted by Crippen LogP contribution is -2.46. The van der Waals surface area contributed by atoms with E-state index in [-0.39, 0.29) is 6.04 Å². The average Bonchev–Trinajstić information content (AvgIpc) is 2.28. The molecule has 16 heavy (non-hydrogen) atoms. The van der Waals surface area contributed by atoms with E-state index in [0.29, 0.717) is 11.6 Å². The highest BCUT2D eigenvalue weighted by Crippen LogP contribution is 2.22. The van der Waals surface area contributed by atoms with Crippen LogP contribution in [0, 0.1) is 17.2 Å². The lowest BCUT2D eigenvalue weighted by Gasteiger charge is -2.36. The van der Waals surface area contributed by atoms with E-state index in [1.165, 1.54) is 0 Å². The Labute approximate surface area is 95.7 Å². The van der Waals surface area contributed by atoms with Crippen molar-refractivity contribution >= 4 is 5.69 Å². The van der Waals surface area contributed by atoms with Gasteiger partial charge < -0.3 is 10.6 Å². The largest absolute Gasteiger partial charge is 0.370 e. The smallest absolute Gasteiger partial charge is 0.142 e. The number of anilines is 1. The molecule has 2 atom stereocenters. The fourth-order valence-corrected chi connectivity index (χ4v) is 2.29. The molecule has 0 saturated carbocycles. The predicted octanol–water partition coefficient (Wildman–Crippen LogP) is 1.13. The summed E-state index contributed by atoms with van der Waals surface area (Å²) in [6.45, 7) is 4.07. The van der Waals surface area contributed by atoms with Crippen molar-refractivity contribution in [3.63, 3.8) is 0 Å². The zero-order valence-corrected chi connectivity index (χ0v) is 9.43. The molecule has 4 nitrogen and oxygen atoms in total. The molecule has 0 spiro atoms. The number of nitriles is 1. The van der Waals surface area contributed by atoms with E-state index >= 15 is 0 Å². The first kappa shape index (κ1) is 10.9. The Morgan fingerprint density at radius 1 is 1.56 bits per heavy atom. The van der Waals surface area contributed by atoms with Crippen LogP contribution in [0.15, 0.2) is 18.3 Å². The molecule has 0 bridgehead atoms. The Bertz CT molecular complexity index is 400. The molecule has 1 saturated heterocycles. The van der Waals surface area contributed by atoms with Gasteiger partial charge >= 0.3 is 0 Å². The van der Waals surface area contributed by atoms with Gasteiger partial charge in [-0.15, -0.1) is 0 Å². The summed E-state index contributed by atoms with van der Waals surface area (Å²) in [5.74, 6) is 0.599. The minimum Gasteiger partial charge on any atom is -0.370 e. The SMILES string of the molecule is CC1CC(N)CN(c2ccnc(C#N)c2)C1. The molecular weight excluding hydrogens is 200 g/mol. The fourth-order valence-electron chi connectivity index (χ4n) is 2.29. The molecule has 1 aromatic rings. The van der Waals surface area contributed by atoms with E-state index in [1.807, 2.05) is 12.1 Å². The van der Waals surface area contributed by atoms with E-state index in [0.717, 1.165) is 25.2 Å². The second kappa shape index (κ2) is 4.50. The second-order valence-corrected chi connectivity index (χ2v) is 4.52. The first-order valence-corrected chi connectivity index (χ1v) is 5.55. The van der Waals surface area contributed by atoms with Crippen LogP contribution in [0.5, 0.6) is 0 Å².